The molecule has 0 aromatic heterocycles. The van der Waals surface area contributed by atoms with E-state index in [0.717, 1.165) is 12.0 Å². The Morgan fingerprint density at radius 2 is 1.78 bits per heavy atom. The van der Waals surface area contributed by atoms with Crippen LogP contribution in [0.25, 0.3) is 0 Å². The van der Waals surface area contributed by atoms with E-state index in [1.807, 2.05) is 24.3 Å². The highest BCUT2D eigenvalue weighted by Gasteiger charge is 2.33. The Balaban J connectivity index is 1.78. The van der Waals surface area contributed by atoms with Crippen LogP contribution in [-0.2, 0) is 26.5 Å². The molecule has 2 aliphatic rings. The summed E-state index contributed by atoms with van der Waals surface area (Å²) in [6.07, 6.45) is 2.09. The van der Waals surface area contributed by atoms with E-state index in [0.29, 0.717) is 42.9 Å². The van der Waals surface area contributed by atoms with Crippen LogP contribution in [-0.4, -0.2) is 35.7 Å². The molecule has 0 atom stereocenters. The van der Waals surface area contributed by atoms with Gasteiger partial charge in [0, 0.05) is 13.1 Å². The van der Waals surface area contributed by atoms with Crippen molar-refractivity contribution >= 4 is 31.4 Å². The number of anilines is 2. The standard InChI is InChI=1S/C19H22N2O4S2/c1-15-8-9-17(20-11-4-5-13-26(20,22)23)14-19(15)27(24,25)21-12-10-16-6-2-3-7-18(16)21/h2-3,6-9,14H,4-5,10-13H2,1H3. The van der Waals surface area contributed by atoms with E-state index in [-0.39, 0.29) is 10.6 Å². The Morgan fingerprint density at radius 1 is 1.00 bits per heavy atom. The van der Waals surface area contributed by atoms with Crippen LogP contribution in [0.5, 0.6) is 0 Å². The van der Waals surface area contributed by atoms with Crippen molar-refractivity contribution in [3.8, 4) is 0 Å². The highest BCUT2D eigenvalue weighted by molar-refractivity contribution is 7.93. The summed E-state index contributed by atoms with van der Waals surface area (Å²) < 4.78 is 54.3. The summed E-state index contributed by atoms with van der Waals surface area (Å²) in [6.45, 7) is 2.52. The maximum Gasteiger partial charge on any atom is 0.264 e. The van der Waals surface area contributed by atoms with Crippen molar-refractivity contribution in [2.75, 3.05) is 27.5 Å². The van der Waals surface area contributed by atoms with Gasteiger partial charge in [0.2, 0.25) is 10.0 Å². The van der Waals surface area contributed by atoms with E-state index in [2.05, 4.69) is 0 Å². The lowest BCUT2D eigenvalue weighted by Crippen LogP contribution is -2.38. The molecule has 0 saturated carbocycles. The number of fused-ring (bicyclic) bond motifs is 1. The number of rotatable bonds is 3. The van der Waals surface area contributed by atoms with Gasteiger partial charge in [0.05, 0.1) is 22.0 Å². The number of aryl methyl sites for hydroxylation is 1. The number of hydrogen-bond donors (Lipinski definition) is 0. The van der Waals surface area contributed by atoms with Gasteiger partial charge in [-0.05, 0) is 55.5 Å². The lowest BCUT2D eigenvalue weighted by molar-refractivity contribution is 0.574. The van der Waals surface area contributed by atoms with Crippen LogP contribution in [0.4, 0.5) is 11.4 Å². The third-order valence-corrected chi connectivity index (χ3v) is 9.05. The minimum absolute atomic E-state index is 0.0997. The molecule has 4 rings (SSSR count). The fourth-order valence-electron chi connectivity index (χ4n) is 3.78. The van der Waals surface area contributed by atoms with Gasteiger partial charge in [0.15, 0.2) is 0 Å². The molecule has 0 unspecified atom stereocenters. The molecule has 2 aromatic carbocycles. The highest BCUT2D eigenvalue weighted by Crippen LogP contribution is 2.35. The fourth-order valence-corrected chi connectivity index (χ4v) is 7.16. The Hall–Kier alpha value is -2.06. The number of benzene rings is 2. The molecule has 1 saturated heterocycles. The van der Waals surface area contributed by atoms with Crippen molar-refractivity contribution in [2.45, 2.75) is 31.1 Å². The normalized spacial score (nSPS) is 19.1. The minimum Gasteiger partial charge on any atom is -0.270 e. The average molecular weight is 407 g/mol. The largest absolute Gasteiger partial charge is 0.270 e. The third kappa shape index (κ3) is 3.10. The third-order valence-electron chi connectivity index (χ3n) is 5.22. The lowest BCUT2D eigenvalue weighted by atomic mass is 10.2. The van der Waals surface area contributed by atoms with Gasteiger partial charge in [0.25, 0.3) is 10.0 Å². The first-order valence-corrected chi connectivity index (χ1v) is 12.1. The van der Waals surface area contributed by atoms with Crippen molar-refractivity contribution in [3.63, 3.8) is 0 Å². The fraction of sp³-hybridized carbons (Fsp3) is 0.368. The molecule has 2 heterocycles. The van der Waals surface area contributed by atoms with Crippen molar-refractivity contribution in [3.05, 3.63) is 53.6 Å². The molecule has 0 N–H and O–H groups in total. The van der Waals surface area contributed by atoms with Gasteiger partial charge in [0.1, 0.15) is 0 Å². The van der Waals surface area contributed by atoms with Crippen LogP contribution in [0, 0.1) is 6.92 Å². The number of hydrogen-bond acceptors (Lipinski definition) is 4. The van der Waals surface area contributed by atoms with Gasteiger partial charge < -0.3 is 0 Å². The summed E-state index contributed by atoms with van der Waals surface area (Å²) in [5.74, 6) is 0.0997. The van der Waals surface area contributed by atoms with Gasteiger partial charge in [-0.2, -0.15) is 0 Å². The first-order chi connectivity index (χ1) is 12.8. The van der Waals surface area contributed by atoms with E-state index in [1.165, 1.54) is 14.7 Å². The Morgan fingerprint density at radius 3 is 2.56 bits per heavy atom. The van der Waals surface area contributed by atoms with Gasteiger partial charge in [-0.3, -0.25) is 8.61 Å². The Kier molecular flexibility index (Phi) is 4.43. The molecular formula is C19H22N2O4S2. The first kappa shape index (κ1) is 18.3. The first-order valence-electron chi connectivity index (χ1n) is 9.02. The summed E-state index contributed by atoms with van der Waals surface area (Å²) in [7, 11) is -7.16. The number of nitrogens with zero attached hydrogens (tertiary/aromatic N) is 2. The topological polar surface area (TPSA) is 74.8 Å². The van der Waals surface area contributed by atoms with E-state index >= 15 is 0 Å². The molecule has 0 amide bonds. The van der Waals surface area contributed by atoms with Crippen LogP contribution in [0.2, 0.25) is 0 Å². The van der Waals surface area contributed by atoms with Crippen LogP contribution in [0.3, 0.4) is 0 Å². The van der Waals surface area contributed by atoms with Crippen LogP contribution in [0.15, 0.2) is 47.4 Å². The zero-order valence-corrected chi connectivity index (χ0v) is 16.8. The summed E-state index contributed by atoms with van der Waals surface area (Å²) in [5, 5.41) is 0. The minimum atomic E-state index is -3.77. The summed E-state index contributed by atoms with van der Waals surface area (Å²) in [5.41, 5.74) is 2.74. The lowest BCUT2D eigenvalue weighted by Gasteiger charge is -2.29. The van der Waals surface area contributed by atoms with E-state index in [1.54, 1.807) is 19.1 Å². The van der Waals surface area contributed by atoms with E-state index in [4.69, 9.17) is 0 Å². The number of sulfonamides is 2. The SMILES string of the molecule is Cc1ccc(N2CCCCS2(=O)=O)cc1S(=O)(=O)N1CCc2ccccc21. The second-order valence-corrected chi connectivity index (χ2v) is 10.8. The molecular weight excluding hydrogens is 384 g/mol. The zero-order valence-electron chi connectivity index (χ0n) is 15.1. The van der Waals surface area contributed by atoms with Crippen LogP contribution in [0.1, 0.15) is 24.0 Å². The monoisotopic (exact) mass is 406 g/mol. The number of para-hydroxylation sites is 1. The van der Waals surface area contributed by atoms with Gasteiger partial charge >= 0.3 is 0 Å². The van der Waals surface area contributed by atoms with Gasteiger partial charge in [-0.1, -0.05) is 24.3 Å². The Labute approximate surface area is 160 Å². The Bertz CT molecular complexity index is 1090. The van der Waals surface area contributed by atoms with Gasteiger partial charge in [-0.25, -0.2) is 16.8 Å². The van der Waals surface area contributed by atoms with Crippen LogP contribution < -0.4 is 8.61 Å². The molecule has 27 heavy (non-hydrogen) atoms. The van der Waals surface area contributed by atoms with Crippen molar-refractivity contribution < 1.29 is 16.8 Å². The smallest absolute Gasteiger partial charge is 0.264 e. The van der Waals surface area contributed by atoms with Crippen molar-refractivity contribution in [1.82, 2.24) is 0 Å². The van der Waals surface area contributed by atoms with E-state index < -0.39 is 20.0 Å². The zero-order chi connectivity index (χ0) is 19.2. The van der Waals surface area contributed by atoms with E-state index in [9.17, 15) is 16.8 Å². The second kappa shape index (κ2) is 6.53. The molecule has 6 nitrogen and oxygen atoms in total. The molecule has 144 valence electrons. The molecule has 8 heteroatoms. The van der Waals surface area contributed by atoms with Crippen molar-refractivity contribution in [1.29, 1.82) is 0 Å². The summed E-state index contributed by atoms with van der Waals surface area (Å²) in [6, 6.07) is 12.4. The predicted octanol–water partition coefficient (Wildman–Crippen LogP) is 2.68. The summed E-state index contributed by atoms with van der Waals surface area (Å²) in [4.78, 5) is 0.164. The predicted molar refractivity (Wildman–Crippen MR) is 106 cm³/mol. The molecule has 0 bridgehead atoms. The van der Waals surface area contributed by atoms with Gasteiger partial charge in [-0.15, -0.1) is 0 Å². The van der Waals surface area contributed by atoms with Crippen LogP contribution >= 0.6 is 0 Å². The van der Waals surface area contributed by atoms with Crippen molar-refractivity contribution in [2.24, 2.45) is 0 Å². The maximum absolute atomic E-state index is 13.4. The molecule has 0 aliphatic carbocycles. The molecule has 0 spiro atoms. The summed E-state index contributed by atoms with van der Waals surface area (Å²) >= 11 is 0. The molecule has 1 fully saturated rings. The maximum atomic E-state index is 13.4. The molecule has 0 radical (unpaired) electrons. The molecule has 2 aliphatic heterocycles. The highest BCUT2D eigenvalue weighted by atomic mass is 32.2. The quantitative estimate of drug-likeness (QED) is 0.785. The molecule has 2 aromatic rings. The average Bonchev–Trinajstić information content (AvgIpc) is 3.07. The second-order valence-electron chi connectivity index (χ2n) is 7.00.